The maximum Gasteiger partial charge on any atom is 0.413 e. The molecule has 1 aromatic rings. The van der Waals surface area contributed by atoms with E-state index in [9.17, 15) is 19.3 Å². The van der Waals surface area contributed by atoms with E-state index in [1.54, 1.807) is 20.8 Å². The molecule has 1 rings (SSSR count). The number of hydrogen-bond acceptors (Lipinski definition) is 4. The second kappa shape index (κ2) is 4.99. The molecule has 18 heavy (non-hydrogen) atoms. The highest BCUT2D eigenvalue weighted by Gasteiger charge is 2.22. The van der Waals surface area contributed by atoms with Crippen LogP contribution in [0.2, 0.25) is 0 Å². The molecule has 1 aromatic carbocycles. The van der Waals surface area contributed by atoms with Crippen molar-refractivity contribution >= 4 is 11.8 Å². The summed E-state index contributed by atoms with van der Waals surface area (Å²) in [6.45, 7) is 5.16. The molecule has 6 nitrogen and oxygen atoms in total. The third-order valence-corrected chi connectivity index (χ3v) is 1.82. The minimum absolute atomic E-state index is 0.481. The lowest BCUT2D eigenvalue weighted by atomic mass is 10.1. The van der Waals surface area contributed by atoms with E-state index in [-0.39, 0.29) is 0 Å². The molecule has 0 aliphatic carbocycles. The molecular weight excluding hydrogens is 243 g/mol. The van der Waals surface area contributed by atoms with Crippen molar-refractivity contribution in [2.75, 3.05) is 0 Å². The molecule has 0 aliphatic heterocycles. The van der Waals surface area contributed by atoms with Gasteiger partial charge in [-0.1, -0.05) is 6.07 Å². The maximum atomic E-state index is 13.6. The van der Waals surface area contributed by atoms with Crippen molar-refractivity contribution in [3.05, 3.63) is 34.1 Å². The van der Waals surface area contributed by atoms with Crippen LogP contribution in [0, 0.1) is 15.9 Å². The number of benzene rings is 1. The SMILES string of the molecule is CC(C)(C)NC(=O)Oc1cccc([N+](=O)[O-])c1F. The monoisotopic (exact) mass is 256 g/mol. The van der Waals surface area contributed by atoms with Crippen LogP contribution < -0.4 is 10.1 Å². The summed E-state index contributed by atoms with van der Waals surface area (Å²) >= 11 is 0. The molecule has 0 fully saturated rings. The van der Waals surface area contributed by atoms with E-state index >= 15 is 0 Å². The molecule has 7 heteroatoms. The number of nitrogens with one attached hydrogen (secondary N) is 1. The van der Waals surface area contributed by atoms with E-state index in [0.29, 0.717) is 0 Å². The van der Waals surface area contributed by atoms with Crippen LogP contribution >= 0.6 is 0 Å². The molecule has 1 amide bonds. The lowest BCUT2D eigenvalue weighted by Gasteiger charge is -2.19. The predicted molar refractivity (Wildman–Crippen MR) is 62.0 cm³/mol. The van der Waals surface area contributed by atoms with Gasteiger partial charge in [0.2, 0.25) is 5.82 Å². The number of hydrogen-bond donors (Lipinski definition) is 1. The Hall–Kier alpha value is -2.18. The minimum atomic E-state index is -1.17. The summed E-state index contributed by atoms with van der Waals surface area (Å²) in [6.07, 6.45) is -0.873. The van der Waals surface area contributed by atoms with Crippen LogP contribution in [-0.4, -0.2) is 16.6 Å². The molecule has 0 spiro atoms. The second-order valence-corrected chi connectivity index (χ2v) is 4.61. The van der Waals surface area contributed by atoms with E-state index in [2.05, 4.69) is 10.1 Å². The largest absolute Gasteiger partial charge is 0.413 e. The molecule has 0 unspecified atom stereocenters. The van der Waals surface area contributed by atoms with Crippen molar-refractivity contribution in [2.24, 2.45) is 0 Å². The van der Waals surface area contributed by atoms with Gasteiger partial charge in [0.1, 0.15) is 0 Å². The van der Waals surface area contributed by atoms with Gasteiger partial charge in [0.15, 0.2) is 5.75 Å². The molecule has 0 radical (unpaired) electrons. The standard InChI is InChI=1S/C11H13FN2O4/c1-11(2,3)13-10(15)18-8-6-4-5-7(9(8)12)14(16)17/h4-6H,1-3H3,(H,13,15). The van der Waals surface area contributed by atoms with Crippen LogP contribution in [0.25, 0.3) is 0 Å². The third kappa shape index (κ3) is 3.69. The molecular formula is C11H13FN2O4. The Morgan fingerprint density at radius 2 is 2.06 bits per heavy atom. The number of carbonyl (C=O) groups is 1. The fourth-order valence-electron chi connectivity index (χ4n) is 1.15. The number of rotatable bonds is 2. The number of halogens is 1. The van der Waals surface area contributed by atoms with Crippen LogP contribution in [0.4, 0.5) is 14.9 Å². The van der Waals surface area contributed by atoms with Crippen molar-refractivity contribution in [1.29, 1.82) is 0 Å². The highest BCUT2D eigenvalue weighted by atomic mass is 19.1. The lowest BCUT2D eigenvalue weighted by Crippen LogP contribution is -2.42. The second-order valence-electron chi connectivity index (χ2n) is 4.61. The Bertz CT molecular complexity index is 482. The van der Waals surface area contributed by atoms with Gasteiger partial charge in [0, 0.05) is 11.6 Å². The van der Waals surface area contributed by atoms with Crippen LogP contribution in [-0.2, 0) is 0 Å². The first-order valence-corrected chi connectivity index (χ1v) is 5.13. The molecule has 0 aromatic heterocycles. The van der Waals surface area contributed by atoms with Crippen molar-refractivity contribution in [1.82, 2.24) is 5.32 Å². The van der Waals surface area contributed by atoms with Crippen molar-refractivity contribution in [3.63, 3.8) is 0 Å². The Labute approximate surface area is 103 Å². The molecule has 0 saturated carbocycles. The highest BCUT2D eigenvalue weighted by Crippen LogP contribution is 2.26. The van der Waals surface area contributed by atoms with Gasteiger partial charge in [-0.2, -0.15) is 4.39 Å². The summed E-state index contributed by atoms with van der Waals surface area (Å²) in [5.74, 6) is -1.66. The predicted octanol–water partition coefficient (Wildman–Crippen LogP) is 2.62. The Morgan fingerprint density at radius 3 is 2.56 bits per heavy atom. The smallest absolute Gasteiger partial charge is 0.407 e. The first-order valence-electron chi connectivity index (χ1n) is 5.13. The van der Waals surface area contributed by atoms with Crippen LogP contribution in [0.1, 0.15) is 20.8 Å². The number of nitro groups is 1. The van der Waals surface area contributed by atoms with Crippen LogP contribution in [0.15, 0.2) is 18.2 Å². The minimum Gasteiger partial charge on any atom is -0.407 e. The molecule has 98 valence electrons. The number of amides is 1. The maximum absolute atomic E-state index is 13.6. The average molecular weight is 256 g/mol. The van der Waals surface area contributed by atoms with Gasteiger partial charge in [-0.15, -0.1) is 0 Å². The van der Waals surface area contributed by atoms with E-state index in [1.165, 1.54) is 6.07 Å². The average Bonchev–Trinajstić information content (AvgIpc) is 2.17. The topological polar surface area (TPSA) is 81.5 Å². The highest BCUT2D eigenvalue weighted by molar-refractivity contribution is 5.71. The normalized spacial score (nSPS) is 10.9. The van der Waals surface area contributed by atoms with E-state index < -0.39 is 33.8 Å². The summed E-state index contributed by atoms with van der Waals surface area (Å²) in [5, 5.41) is 12.9. The van der Waals surface area contributed by atoms with Crippen molar-refractivity contribution < 1.29 is 18.8 Å². The molecule has 1 N–H and O–H groups in total. The fraction of sp³-hybridized carbons (Fsp3) is 0.364. The van der Waals surface area contributed by atoms with Gasteiger partial charge in [-0.05, 0) is 26.8 Å². The Kier molecular flexibility index (Phi) is 3.85. The summed E-state index contributed by atoms with van der Waals surface area (Å²) in [4.78, 5) is 21.0. The quantitative estimate of drug-likeness (QED) is 0.651. The van der Waals surface area contributed by atoms with Gasteiger partial charge in [0.05, 0.1) is 4.92 Å². The summed E-state index contributed by atoms with van der Waals surface area (Å²) in [6, 6.07) is 3.37. The number of ether oxygens (including phenoxy) is 1. The molecule has 0 aliphatic rings. The van der Waals surface area contributed by atoms with E-state index in [4.69, 9.17) is 0 Å². The molecule has 0 bridgehead atoms. The first-order chi connectivity index (χ1) is 8.20. The molecule has 0 atom stereocenters. The molecule has 0 saturated heterocycles. The zero-order valence-electron chi connectivity index (χ0n) is 10.2. The van der Waals surface area contributed by atoms with E-state index in [1.807, 2.05) is 0 Å². The van der Waals surface area contributed by atoms with Crippen molar-refractivity contribution in [3.8, 4) is 5.75 Å². The third-order valence-electron chi connectivity index (χ3n) is 1.82. The van der Waals surface area contributed by atoms with Crippen LogP contribution in [0.3, 0.4) is 0 Å². The zero-order valence-corrected chi connectivity index (χ0v) is 10.2. The fourth-order valence-corrected chi connectivity index (χ4v) is 1.15. The number of carbonyl (C=O) groups excluding carboxylic acids is 1. The first kappa shape index (κ1) is 13.9. The van der Waals surface area contributed by atoms with Gasteiger partial charge in [0.25, 0.3) is 0 Å². The number of nitrogens with zero attached hydrogens (tertiary/aromatic N) is 1. The summed E-state index contributed by atoms with van der Waals surface area (Å²) in [7, 11) is 0. The van der Waals surface area contributed by atoms with Gasteiger partial charge >= 0.3 is 11.8 Å². The van der Waals surface area contributed by atoms with Gasteiger partial charge < -0.3 is 10.1 Å². The Balaban J connectivity index is 2.89. The van der Waals surface area contributed by atoms with E-state index in [0.717, 1.165) is 12.1 Å². The van der Waals surface area contributed by atoms with Gasteiger partial charge in [-0.25, -0.2) is 4.79 Å². The summed E-state index contributed by atoms with van der Waals surface area (Å²) < 4.78 is 18.3. The van der Waals surface area contributed by atoms with Crippen molar-refractivity contribution in [2.45, 2.75) is 26.3 Å². The van der Waals surface area contributed by atoms with Crippen LogP contribution in [0.5, 0.6) is 5.75 Å². The van der Waals surface area contributed by atoms with Gasteiger partial charge in [-0.3, -0.25) is 10.1 Å². The Morgan fingerprint density at radius 1 is 1.44 bits per heavy atom. The zero-order chi connectivity index (χ0) is 13.9. The molecule has 0 heterocycles. The summed E-state index contributed by atoms with van der Waals surface area (Å²) in [5.41, 5.74) is -1.29. The number of nitro benzene ring substituents is 1. The lowest BCUT2D eigenvalue weighted by molar-refractivity contribution is -0.387.